The Kier molecular flexibility index (Phi) is 4.14. The molecule has 0 spiro atoms. The molecule has 0 aliphatic rings. The van der Waals surface area contributed by atoms with Gasteiger partial charge in [-0.05, 0) is 25.1 Å². The third kappa shape index (κ3) is 5.05. The number of carbonyl (C=O) groups is 1. The van der Waals surface area contributed by atoms with E-state index >= 15 is 0 Å². The summed E-state index contributed by atoms with van der Waals surface area (Å²) in [6, 6.07) is 5.06. The summed E-state index contributed by atoms with van der Waals surface area (Å²) in [6.45, 7) is 1.66. The number of rotatable bonds is 3. The zero-order chi connectivity index (χ0) is 12.9. The van der Waals surface area contributed by atoms with E-state index in [0.717, 1.165) is 12.1 Å². The average Bonchev–Trinajstić information content (AvgIpc) is 2.15. The van der Waals surface area contributed by atoms with Crippen molar-refractivity contribution in [2.24, 2.45) is 0 Å². The van der Waals surface area contributed by atoms with E-state index in [1.54, 1.807) is 6.92 Å². The van der Waals surface area contributed by atoms with Crippen LogP contribution < -0.4 is 10.1 Å². The van der Waals surface area contributed by atoms with Crippen LogP contribution in [0.5, 0.6) is 5.75 Å². The number of allylic oxidation sites excluding steroid dienone is 1. The number of benzene rings is 1. The smallest absolute Gasteiger partial charge is 0.406 e. The molecule has 0 unspecified atom stereocenters. The van der Waals surface area contributed by atoms with Gasteiger partial charge in [-0.1, -0.05) is 12.1 Å². The molecule has 0 atom stereocenters. The van der Waals surface area contributed by atoms with E-state index < -0.39 is 12.3 Å². The van der Waals surface area contributed by atoms with Crippen molar-refractivity contribution < 1.29 is 22.7 Å². The van der Waals surface area contributed by atoms with Crippen LogP contribution in [0.25, 0.3) is 0 Å². The van der Waals surface area contributed by atoms with Crippen molar-refractivity contribution in [3.05, 3.63) is 36.4 Å². The number of ether oxygens (including phenoxy) is 1. The standard InChI is InChI=1S/C11H10F3NO2/c1-2-4-10(16)15-8-5-3-6-9(7-8)17-11(12,13)14/h2-7H,1H3,(H,15,16). The lowest BCUT2D eigenvalue weighted by molar-refractivity contribution is -0.274. The number of nitrogens with one attached hydrogen (secondary N) is 1. The quantitative estimate of drug-likeness (QED) is 0.831. The van der Waals surface area contributed by atoms with Gasteiger partial charge in [0.2, 0.25) is 5.91 Å². The van der Waals surface area contributed by atoms with Crippen molar-refractivity contribution in [1.29, 1.82) is 0 Å². The minimum Gasteiger partial charge on any atom is -0.406 e. The third-order valence-electron chi connectivity index (χ3n) is 1.65. The highest BCUT2D eigenvalue weighted by atomic mass is 19.4. The lowest BCUT2D eigenvalue weighted by atomic mass is 10.3. The maximum Gasteiger partial charge on any atom is 0.573 e. The Morgan fingerprint density at radius 3 is 2.71 bits per heavy atom. The molecule has 0 radical (unpaired) electrons. The van der Waals surface area contributed by atoms with Gasteiger partial charge in [0, 0.05) is 11.8 Å². The van der Waals surface area contributed by atoms with Crippen molar-refractivity contribution in [2.75, 3.05) is 5.32 Å². The van der Waals surface area contributed by atoms with E-state index in [1.165, 1.54) is 24.3 Å². The first-order valence-corrected chi connectivity index (χ1v) is 4.70. The van der Waals surface area contributed by atoms with Crippen LogP contribution in [0.15, 0.2) is 36.4 Å². The normalized spacial score (nSPS) is 11.5. The number of amides is 1. The van der Waals surface area contributed by atoms with Crippen LogP contribution in [0.4, 0.5) is 18.9 Å². The molecule has 1 rings (SSSR count). The van der Waals surface area contributed by atoms with E-state index in [1.807, 2.05) is 0 Å². The molecular formula is C11H10F3NO2. The summed E-state index contributed by atoms with van der Waals surface area (Å²) in [5.41, 5.74) is 0.231. The SMILES string of the molecule is CC=CC(=O)Nc1cccc(OC(F)(F)F)c1. The predicted molar refractivity (Wildman–Crippen MR) is 56.6 cm³/mol. The van der Waals surface area contributed by atoms with Gasteiger partial charge in [0.05, 0.1) is 0 Å². The molecule has 6 heteroatoms. The van der Waals surface area contributed by atoms with Crippen LogP contribution in [0.1, 0.15) is 6.92 Å². The molecule has 1 amide bonds. The van der Waals surface area contributed by atoms with Crippen LogP contribution in [-0.2, 0) is 4.79 Å². The molecular weight excluding hydrogens is 235 g/mol. The molecule has 0 saturated heterocycles. The van der Waals surface area contributed by atoms with Gasteiger partial charge >= 0.3 is 6.36 Å². The Morgan fingerprint density at radius 1 is 1.41 bits per heavy atom. The molecule has 0 aromatic heterocycles. The highest BCUT2D eigenvalue weighted by molar-refractivity contribution is 5.99. The number of hydrogen-bond acceptors (Lipinski definition) is 2. The van der Waals surface area contributed by atoms with Gasteiger partial charge in [0.15, 0.2) is 0 Å². The van der Waals surface area contributed by atoms with E-state index in [2.05, 4.69) is 10.1 Å². The van der Waals surface area contributed by atoms with Crippen molar-refractivity contribution in [3.63, 3.8) is 0 Å². The van der Waals surface area contributed by atoms with Crippen LogP contribution in [0.2, 0.25) is 0 Å². The Hall–Kier alpha value is -1.98. The van der Waals surface area contributed by atoms with Crippen molar-refractivity contribution >= 4 is 11.6 Å². The van der Waals surface area contributed by atoms with Crippen molar-refractivity contribution in [2.45, 2.75) is 13.3 Å². The molecule has 1 aromatic rings. The minimum absolute atomic E-state index is 0.231. The van der Waals surface area contributed by atoms with Crippen molar-refractivity contribution in [1.82, 2.24) is 0 Å². The monoisotopic (exact) mass is 245 g/mol. The molecule has 92 valence electrons. The lowest BCUT2D eigenvalue weighted by Gasteiger charge is -2.10. The Morgan fingerprint density at radius 2 is 2.12 bits per heavy atom. The summed E-state index contributed by atoms with van der Waals surface area (Å²) in [6.07, 6.45) is -1.96. The maximum atomic E-state index is 11.9. The van der Waals surface area contributed by atoms with Crippen LogP contribution >= 0.6 is 0 Å². The zero-order valence-electron chi connectivity index (χ0n) is 8.91. The van der Waals surface area contributed by atoms with Gasteiger partial charge in [-0.15, -0.1) is 13.2 Å². The molecule has 0 saturated carbocycles. The Balaban J connectivity index is 2.76. The molecule has 0 bridgehead atoms. The Bertz CT molecular complexity index is 427. The summed E-state index contributed by atoms with van der Waals surface area (Å²) in [7, 11) is 0. The topological polar surface area (TPSA) is 38.3 Å². The van der Waals surface area contributed by atoms with Gasteiger partial charge in [0.1, 0.15) is 5.75 Å². The number of halogens is 3. The largest absolute Gasteiger partial charge is 0.573 e. The lowest BCUT2D eigenvalue weighted by Crippen LogP contribution is -2.17. The molecule has 0 heterocycles. The second-order valence-corrected chi connectivity index (χ2v) is 3.06. The first-order valence-electron chi connectivity index (χ1n) is 4.70. The maximum absolute atomic E-state index is 11.9. The second kappa shape index (κ2) is 5.38. The fourth-order valence-corrected chi connectivity index (χ4v) is 1.11. The number of hydrogen-bond donors (Lipinski definition) is 1. The van der Waals surface area contributed by atoms with Gasteiger partial charge in [-0.25, -0.2) is 0 Å². The molecule has 0 aliphatic carbocycles. The van der Waals surface area contributed by atoms with Crippen molar-refractivity contribution in [3.8, 4) is 5.75 Å². The highest BCUT2D eigenvalue weighted by Crippen LogP contribution is 2.24. The van der Waals surface area contributed by atoms with E-state index in [4.69, 9.17) is 0 Å². The predicted octanol–water partition coefficient (Wildman–Crippen LogP) is 3.10. The summed E-state index contributed by atoms with van der Waals surface area (Å²) in [4.78, 5) is 11.1. The summed E-state index contributed by atoms with van der Waals surface area (Å²) in [5.74, 6) is -0.799. The second-order valence-electron chi connectivity index (χ2n) is 3.06. The zero-order valence-corrected chi connectivity index (χ0v) is 8.91. The van der Waals surface area contributed by atoms with Gasteiger partial charge in [-0.2, -0.15) is 0 Å². The fourth-order valence-electron chi connectivity index (χ4n) is 1.11. The molecule has 0 aliphatic heterocycles. The molecule has 0 fully saturated rings. The van der Waals surface area contributed by atoms with Gasteiger partial charge in [0.25, 0.3) is 0 Å². The Labute approximate surface area is 95.9 Å². The summed E-state index contributed by atoms with van der Waals surface area (Å²) in [5, 5.41) is 2.40. The van der Waals surface area contributed by atoms with E-state index in [-0.39, 0.29) is 11.4 Å². The molecule has 17 heavy (non-hydrogen) atoms. The third-order valence-corrected chi connectivity index (χ3v) is 1.65. The number of alkyl halides is 3. The molecule has 1 N–H and O–H groups in total. The van der Waals surface area contributed by atoms with Crippen LogP contribution in [0.3, 0.4) is 0 Å². The highest BCUT2D eigenvalue weighted by Gasteiger charge is 2.31. The average molecular weight is 245 g/mol. The van der Waals surface area contributed by atoms with Crippen LogP contribution in [-0.4, -0.2) is 12.3 Å². The van der Waals surface area contributed by atoms with Gasteiger partial charge < -0.3 is 10.1 Å². The number of anilines is 1. The first kappa shape index (κ1) is 13.1. The van der Waals surface area contributed by atoms with Gasteiger partial charge in [-0.3, -0.25) is 4.79 Å². The number of carbonyl (C=O) groups excluding carboxylic acids is 1. The summed E-state index contributed by atoms with van der Waals surface area (Å²) < 4.78 is 39.5. The van der Waals surface area contributed by atoms with E-state index in [0.29, 0.717) is 0 Å². The molecule has 1 aromatic carbocycles. The minimum atomic E-state index is -4.74. The van der Waals surface area contributed by atoms with E-state index in [9.17, 15) is 18.0 Å². The first-order chi connectivity index (χ1) is 7.90. The van der Waals surface area contributed by atoms with Crippen LogP contribution in [0, 0.1) is 0 Å². The molecule has 3 nitrogen and oxygen atoms in total. The fraction of sp³-hybridized carbons (Fsp3) is 0.182. The summed E-state index contributed by atoms with van der Waals surface area (Å²) >= 11 is 0.